The minimum Gasteiger partial charge on any atom is -0.453 e. The van der Waals surface area contributed by atoms with Crippen molar-refractivity contribution in [2.45, 2.75) is 12.5 Å². The van der Waals surface area contributed by atoms with Crippen LogP contribution in [-0.2, 0) is 9.84 Å². The first kappa shape index (κ1) is 14.7. The summed E-state index contributed by atoms with van der Waals surface area (Å²) in [6.07, 6.45) is 1.09. The highest BCUT2D eigenvalue weighted by molar-refractivity contribution is 7.90. The zero-order valence-corrected chi connectivity index (χ0v) is 11.6. The molecule has 2 rings (SSSR count). The maximum atomic E-state index is 13.0. The van der Waals surface area contributed by atoms with Crippen LogP contribution in [0.15, 0.2) is 28.7 Å². The van der Waals surface area contributed by atoms with E-state index in [1.165, 1.54) is 24.3 Å². The molecule has 1 atom stereocenters. The van der Waals surface area contributed by atoms with Gasteiger partial charge >= 0.3 is 0 Å². The Morgan fingerprint density at radius 3 is 2.75 bits per heavy atom. The molecular formula is C13H14FNO4S. The van der Waals surface area contributed by atoms with Crippen molar-refractivity contribution >= 4 is 26.6 Å². The van der Waals surface area contributed by atoms with E-state index < -0.39 is 27.5 Å². The van der Waals surface area contributed by atoms with Gasteiger partial charge in [0, 0.05) is 11.6 Å². The Kier molecular flexibility index (Phi) is 3.92. The van der Waals surface area contributed by atoms with Crippen LogP contribution in [-0.4, -0.2) is 32.3 Å². The number of benzene rings is 1. The third-order valence-electron chi connectivity index (χ3n) is 2.86. The Morgan fingerprint density at radius 2 is 2.10 bits per heavy atom. The van der Waals surface area contributed by atoms with Gasteiger partial charge in [0.05, 0.1) is 11.8 Å². The number of furan rings is 1. The number of sulfone groups is 1. The van der Waals surface area contributed by atoms with Crippen molar-refractivity contribution < 1.29 is 22.0 Å². The Labute approximate surface area is 115 Å². The Bertz CT molecular complexity index is 751. The molecule has 0 saturated carbocycles. The molecule has 0 fully saturated rings. The molecule has 0 radical (unpaired) electrons. The molecule has 108 valence electrons. The lowest BCUT2D eigenvalue weighted by atomic mass is 10.1. The normalized spacial score (nSPS) is 13.6. The van der Waals surface area contributed by atoms with Gasteiger partial charge in [-0.2, -0.15) is 0 Å². The molecule has 1 aromatic carbocycles. The van der Waals surface area contributed by atoms with E-state index >= 15 is 0 Å². The van der Waals surface area contributed by atoms with Crippen LogP contribution in [0.25, 0.3) is 11.0 Å². The molecular weight excluding hydrogens is 285 g/mol. The number of fused-ring (bicyclic) bond motifs is 1. The first-order chi connectivity index (χ1) is 9.26. The van der Waals surface area contributed by atoms with Crippen molar-refractivity contribution in [2.24, 2.45) is 5.73 Å². The molecule has 0 aliphatic rings. The number of rotatable bonds is 5. The summed E-state index contributed by atoms with van der Waals surface area (Å²) in [4.78, 5) is 12.0. The van der Waals surface area contributed by atoms with Gasteiger partial charge in [0.1, 0.15) is 21.2 Å². The maximum absolute atomic E-state index is 13.0. The minimum atomic E-state index is -3.18. The lowest BCUT2D eigenvalue weighted by molar-refractivity contribution is 0.0934. The average Bonchev–Trinajstić information content (AvgIpc) is 2.76. The summed E-state index contributed by atoms with van der Waals surface area (Å²) in [5, 5.41) is 0.462. The SMILES string of the molecule is CS(=O)(=O)CCC(N)C(=O)c1cc2cc(F)ccc2o1. The van der Waals surface area contributed by atoms with Gasteiger partial charge in [-0.3, -0.25) is 4.79 Å². The van der Waals surface area contributed by atoms with Crippen molar-refractivity contribution in [1.29, 1.82) is 0 Å². The minimum absolute atomic E-state index is 0.00611. The summed E-state index contributed by atoms with van der Waals surface area (Å²) in [7, 11) is -3.18. The molecule has 0 amide bonds. The zero-order chi connectivity index (χ0) is 14.9. The fourth-order valence-corrected chi connectivity index (χ4v) is 2.47. The van der Waals surface area contributed by atoms with E-state index in [0.29, 0.717) is 11.0 Å². The third-order valence-corrected chi connectivity index (χ3v) is 3.83. The van der Waals surface area contributed by atoms with Gasteiger partial charge in [-0.15, -0.1) is 0 Å². The Hall–Kier alpha value is -1.73. The molecule has 1 aromatic heterocycles. The molecule has 0 aliphatic heterocycles. The largest absolute Gasteiger partial charge is 0.453 e. The van der Waals surface area contributed by atoms with E-state index in [4.69, 9.17) is 10.2 Å². The van der Waals surface area contributed by atoms with Gasteiger partial charge in [-0.25, -0.2) is 12.8 Å². The highest BCUT2D eigenvalue weighted by Crippen LogP contribution is 2.21. The van der Waals surface area contributed by atoms with Gasteiger partial charge < -0.3 is 10.2 Å². The summed E-state index contributed by atoms with van der Waals surface area (Å²) in [5.74, 6) is -1.09. The maximum Gasteiger partial charge on any atom is 0.214 e. The highest BCUT2D eigenvalue weighted by atomic mass is 32.2. The van der Waals surface area contributed by atoms with E-state index in [-0.39, 0.29) is 17.9 Å². The molecule has 0 saturated heterocycles. The summed E-state index contributed by atoms with van der Waals surface area (Å²) < 4.78 is 40.4. The lowest BCUT2D eigenvalue weighted by Crippen LogP contribution is -2.32. The van der Waals surface area contributed by atoms with Gasteiger partial charge in [0.25, 0.3) is 0 Å². The fraction of sp³-hybridized carbons (Fsp3) is 0.308. The highest BCUT2D eigenvalue weighted by Gasteiger charge is 2.21. The van der Waals surface area contributed by atoms with Crippen LogP contribution in [0.4, 0.5) is 4.39 Å². The number of nitrogens with two attached hydrogens (primary N) is 1. The average molecular weight is 299 g/mol. The van der Waals surface area contributed by atoms with Gasteiger partial charge in [0.15, 0.2) is 5.76 Å². The second-order valence-corrected chi connectivity index (χ2v) is 6.94. The summed E-state index contributed by atoms with van der Waals surface area (Å²) in [6.45, 7) is 0. The number of carbonyl (C=O) groups is 1. The fourth-order valence-electron chi connectivity index (χ4n) is 1.79. The first-order valence-corrected chi connectivity index (χ1v) is 7.99. The zero-order valence-electron chi connectivity index (χ0n) is 10.8. The predicted octanol–water partition coefficient (Wildman–Crippen LogP) is 1.52. The van der Waals surface area contributed by atoms with Crippen LogP contribution in [0.1, 0.15) is 17.0 Å². The molecule has 5 nitrogen and oxygen atoms in total. The second kappa shape index (κ2) is 5.34. The van der Waals surface area contributed by atoms with Crippen LogP contribution in [0, 0.1) is 5.82 Å². The number of hydrogen-bond donors (Lipinski definition) is 1. The summed E-state index contributed by atoms with van der Waals surface area (Å²) in [5.41, 5.74) is 6.04. The topological polar surface area (TPSA) is 90.4 Å². The van der Waals surface area contributed by atoms with E-state index in [2.05, 4.69) is 0 Å². The van der Waals surface area contributed by atoms with Crippen LogP contribution < -0.4 is 5.73 Å². The molecule has 2 N–H and O–H groups in total. The monoisotopic (exact) mass is 299 g/mol. The third kappa shape index (κ3) is 3.43. The lowest BCUT2D eigenvalue weighted by Gasteiger charge is -2.07. The van der Waals surface area contributed by atoms with Crippen molar-refractivity contribution in [3.63, 3.8) is 0 Å². The van der Waals surface area contributed by atoms with Crippen molar-refractivity contribution in [3.8, 4) is 0 Å². The molecule has 1 unspecified atom stereocenters. The number of halogens is 1. The number of ketones is 1. The van der Waals surface area contributed by atoms with E-state index in [1.807, 2.05) is 0 Å². The molecule has 2 aromatic rings. The molecule has 7 heteroatoms. The van der Waals surface area contributed by atoms with E-state index in [1.54, 1.807) is 0 Å². The summed E-state index contributed by atoms with van der Waals surface area (Å²) >= 11 is 0. The quantitative estimate of drug-likeness (QED) is 0.845. The molecule has 0 spiro atoms. The number of hydrogen-bond acceptors (Lipinski definition) is 5. The van der Waals surface area contributed by atoms with Gasteiger partial charge in [0.2, 0.25) is 5.78 Å². The first-order valence-electron chi connectivity index (χ1n) is 5.93. The van der Waals surface area contributed by atoms with E-state index in [9.17, 15) is 17.6 Å². The molecule has 0 bridgehead atoms. The molecule has 20 heavy (non-hydrogen) atoms. The van der Waals surface area contributed by atoms with Crippen molar-refractivity contribution in [3.05, 3.63) is 35.8 Å². The summed E-state index contributed by atoms with van der Waals surface area (Å²) in [6, 6.07) is 4.33. The van der Waals surface area contributed by atoms with Gasteiger partial charge in [-0.1, -0.05) is 0 Å². The van der Waals surface area contributed by atoms with Crippen LogP contribution >= 0.6 is 0 Å². The van der Waals surface area contributed by atoms with Gasteiger partial charge in [-0.05, 0) is 30.7 Å². The van der Waals surface area contributed by atoms with Crippen LogP contribution in [0.2, 0.25) is 0 Å². The van der Waals surface area contributed by atoms with Crippen LogP contribution in [0.3, 0.4) is 0 Å². The number of carbonyl (C=O) groups excluding carboxylic acids is 1. The van der Waals surface area contributed by atoms with Crippen molar-refractivity contribution in [1.82, 2.24) is 0 Å². The predicted molar refractivity (Wildman–Crippen MR) is 72.8 cm³/mol. The second-order valence-electron chi connectivity index (χ2n) is 4.68. The molecule has 1 heterocycles. The molecule has 0 aliphatic carbocycles. The standard InChI is InChI=1S/C13H14FNO4S/c1-20(17,18)5-4-10(15)13(16)12-7-8-6-9(14)2-3-11(8)19-12/h2-3,6-7,10H,4-5,15H2,1H3. The van der Waals surface area contributed by atoms with E-state index in [0.717, 1.165) is 6.26 Å². The smallest absolute Gasteiger partial charge is 0.214 e. The van der Waals surface area contributed by atoms with Crippen LogP contribution in [0.5, 0.6) is 0 Å². The Morgan fingerprint density at radius 1 is 1.40 bits per heavy atom. The number of Topliss-reactive ketones (excluding diaryl/α,β-unsaturated/α-hetero) is 1. The van der Waals surface area contributed by atoms with Crippen molar-refractivity contribution in [2.75, 3.05) is 12.0 Å². The Balaban J connectivity index is 2.18.